The Hall–Kier alpha value is -0.740. The van der Waals surface area contributed by atoms with Crippen molar-refractivity contribution >= 4 is 19.7 Å². The maximum Gasteiger partial charge on any atom is 0.261 e. The van der Waals surface area contributed by atoms with Crippen LogP contribution in [0.4, 0.5) is 0 Å². The van der Waals surface area contributed by atoms with E-state index in [1.807, 2.05) is 0 Å². The van der Waals surface area contributed by atoms with Gasteiger partial charge in [0.25, 0.3) is 9.05 Å². The molecule has 0 bridgehead atoms. The zero-order valence-electron chi connectivity index (χ0n) is 9.86. The molecule has 0 radical (unpaired) electrons. The first-order valence-corrected chi connectivity index (χ1v) is 8.02. The number of unbranched alkanes of at least 4 members (excludes halogenated alkanes) is 3. The molecule has 0 N–H and O–H groups in total. The molecule has 1 aromatic carbocycles. The van der Waals surface area contributed by atoms with E-state index in [0.29, 0.717) is 12.4 Å². The molecule has 0 unspecified atom stereocenters. The van der Waals surface area contributed by atoms with Crippen molar-refractivity contribution in [3.8, 4) is 5.75 Å². The SMILES string of the molecule is CCCCCCOc1cccc(S(=O)(=O)Cl)c1. The maximum absolute atomic E-state index is 11.1. The van der Waals surface area contributed by atoms with E-state index in [4.69, 9.17) is 15.4 Å². The van der Waals surface area contributed by atoms with Crippen LogP contribution in [0.2, 0.25) is 0 Å². The van der Waals surface area contributed by atoms with Crippen molar-refractivity contribution in [1.82, 2.24) is 0 Å². The average molecular weight is 277 g/mol. The molecule has 0 atom stereocenters. The Balaban J connectivity index is 2.49. The predicted molar refractivity (Wildman–Crippen MR) is 69.1 cm³/mol. The van der Waals surface area contributed by atoms with E-state index in [9.17, 15) is 8.42 Å². The molecule has 0 spiro atoms. The lowest BCUT2D eigenvalue weighted by atomic mass is 10.2. The van der Waals surface area contributed by atoms with Gasteiger partial charge in [0.05, 0.1) is 11.5 Å². The van der Waals surface area contributed by atoms with Gasteiger partial charge in [-0.05, 0) is 18.6 Å². The largest absolute Gasteiger partial charge is 0.494 e. The van der Waals surface area contributed by atoms with Crippen molar-refractivity contribution in [2.24, 2.45) is 0 Å². The number of ether oxygens (including phenoxy) is 1. The van der Waals surface area contributed by atoms with Crippen LogP contribution in [0.5, 0.6) is 5.75 Å². The fraction of sp³-hybridized carbons (Fsp3) is 0.500. The monoisotopic (exact) mass is 276 g/mol. The third-order valence-corrected chi connectivity index (χ3v) is 3.71. The van der Waals surface area contributed by atoms with E-state index >= 15 is 0 Å². The summed E-state index contributed by atoms with van der Waals surface area (Å²) in [4.78, 5) is 0.0743. The Morgan fingerprint density at radius 2 is 2.00 bits per heavy atom. The molecular formula is C12H17ClO3S. The number of halogens is 1. The van der Waals surface area contributed by atoms with Crippen molar-refractivity contribution < 1.29 is 13.2 Å². The van der Waals surface area contributed by atoms with Crippen LogP contribution in [0.3, 0.4) is 0 Å². The van der Waals surface area contributed by atoms with E-state index < -0.39 is 9.05 Å². The predicted octanol–water partition coefficient (Wildman–Crippen LogP) is 3.57. The van der Waals surface area contributed by atoms with Crippen LogP contribution < -0.4 is 4.74 Å². The van der Waals surface area contributed by atoms with Gasteiger partial charge in [-0.2, -0.15) is 0 Å². The van der Waals surface area contributed by atoms with E-state index in [1.54, 1.807) is 12.1 Å². The highest BCUT2D eigenvalue weighted by Crippen LogP contribution is 2.20. The quantitative estimate of drug-likeness (QED) is 0.565. The lowest BCUT2D eigenvalue weighted by Gasteiger charge is -2.06. The Morgan fingerprint density at radius 3 is 2.65 bits per heavy atom. The van der Waals surface area contributed by atoms with E-state index in [0.717, 1.165) is 12.8 Å². The minimum atomic E-state index is -3.67. The van der Waals surface area contributed by atoms with Crippen LogP contribution in [0, 0.1) is 0 Å². The smallest absolute Gasteiger partial charge is 0.261 e. The van der Waals surface area contributed by atoms with Gasteiger partial charge in [-0.1, -0.05) is 32.3 Å². The van der Waals surface area contributed by atoms with Gasteiger partial charge in [0, 0.05) is 16.7 Å². The van der Waals surface area contributed by atoms with E-state index in [1.165, 1.54) is 25.0 Å². The number of rotatable bonds is 7. The molecule has 0 aliphatic heterocycles. The van der Waals surface area contributed by atoms with Crippen LogP contribution in [-0.4, -0.2) is 15.0 Å². The highest BCUT2D eigenvalue weighted by molar-refractivity contribution is 8.13. The van der Waals surface area contributed by atoms with Crippen LogP contribution >= 0.6 is 10.7 Å². The molecule has 5 heteroatoms. The number of hydrogen-bond donors (Lipinski definition) is 0. The highest BCUT2D eigenvalue weighted by atomic mass is 35.7. The van der Waals surface area contributed by atoms with Crippen molar-refractivity contribution in [1.29, 1.82) is 0 Å². The summed E-state index contributed by atoms with van der Waals surface area (Å²) in [5.74, 6) is 0.545. The molecule has 3 nitrogen and oxygen atoms in total. The summed E-state index contributed by atoms with van der Waals surface area (Å²) >= 11 is 0. The summed E-state index contributed by atoms with van der Waals surface area (Å²) in [6.45, 7) is 2.75. The second-order valence-electron chi connectivity index (χ2n) is 3.82. The molecule has 1 rings (SSSR count). The first-order valence-electron chi connectivity index (χ1n) is 5.71. The summed E-state index contributed by atoms with van der Waals surface area (Å²) in [5, 5.41) is 0. The second-order valence-corrected chi connectivity index (χ2v) is 6.39. The standard InChI is InChI=1S/C12H17ClO3S/c1-2-3-4-5-9-16-11-7-6-8-12(10-11)17(13,14)15/h6-8,10H,2-5,9H2,1H3. The average Bonchev–Trinajstić information content (AvgIpc) is 2.28. The third kappa shape index (κ3) is 5.41. The van der Waals surface area contributed by atoms with Gasteiger partial charge in [0.15, 0.2) is 0 Å². The Labute approximate surface area is 107 Å². The fourth-order valence-electron chi connectivity index (χ4n) is 1.43. The van der Waals surface area contributed by atoms with Crippen LogP contribution in [0.1, 0.15) is 32.6 Å². The first kappa shape index (κ1) is 14.3. The minimum absolute atomic E-state index is 0.0743. The van der Waals surface area contributed by atoms with Gasteiger partial charge in [-0.3, -0.25) is 0 Å². The molecule has 96 valence electrons. The topological polar surface area (TPSA) is 43.4 Å². The molecule has 0 saturated carbocycles. The molecular weight excluding hydrogens is 260 g/mol. The van der Waals surface area contributed by atoms with Crippen LogP contribution in [0.15, 0.2) is 29.2 Å². The first-order chi connectivity index (χ1) is 8.04. The third-order valence-electron chi connectivity index (χ3n) is 2.35. The van der Waals surface area contributed by atoms with Gasteiger partial charge in [0.2, 0.25) is 0 Å². The zero-order chi connectivity index (χ0) is 12.7. The van der Waals surface area contributed by atoms with Crippen molar-refractivity contribution in [2.75, 3.05) is 6.61 Å². The van der Waals surface area contributed by atoms with Crippen molar-refractivity contribution in [3.05, 3.63) is 24.3 Å². The molecule has 0 aliphatic rings. The lowest BCUT2D eigenvalue weighted by Crippen LogP contribution is -1.98. The summed E-state index contributed by atoms with van der Waals surface area (Å²) in [7, 11) is 1.58. The number of benzene rings is 1. The fourth-order valence-corrected chi connectivity index (χ4v) is 2.22. The van der Waals surface area contributed by atoms with Crippen molar-refractivity contribution in [2.45, 2.75) is 37.5 Å². The van der Waals surface area contributed by atoms with Gasteiger partial charge < -0.3 is 4.74 Å². The normalized spacial score (nSPS) is 11.4. The molecule has 0 saturated heterocycles. The van der Waals surface area contributed by atoms with Crippen LogP contribution in [-0.2, 0) is 9.05 Å². The van der Waals surface area contributed by atoms with Gasteiger partial charge in [-0.25, -0.2) is 8.42 Å². The summed E-state index contributed by atoms with van der Waals surface area (Å²) in [6, 6.07) is 6.25. The Kier molecular flexibility index (Phi) is 5.78. The molecule has 0 aliphatic carbocycles. The van der Waals surface area contributed by atoms with Gasteiger partial charge in [-0.15, -0.1) is 0 Å². The highest BCUT2D eigenvalue weighted by Gasteiger charge is 2.10. The van der Waals surface area contributed by atoms with Gasteiger partial charge >= 0.3 is 0 Å². The summed E-state index contributed by atoms with van der Waals surface area (Å²) in [6.07, 6.45) is 4.48. The summed E-state index contributed by atoms with van der Waals surface area (Å²) < 4.78 is 27.7. The van der Waals surface area contributed by atoms with E-state index in [-0.39, 0.29) is 4.90 Å². The molecule has 0 fully saturated rings. The lowest BCUT2D eigenvalue weighted by molar-refractivity contribution is 0.304. The molecule has 0 aromatic heterocycles. The zero-order valence-corrected chi connectivity index (χ0v) is 11.4. The Morgan fingerprint density at radius 1 is 1.24 bits per heavy atom. The molecule has 17 heavy (non-hydrogen) atoms. The van der Waals surface area contributed by atoms with Gasteiger partial charge in [0.1, 0.15) is 5.75 Å². The van der Waals surface area contributed by atoms with E-state index in [2.05, 4.69) is 6.92 Å². The molecule has 0 amide bonds. The minimum Gasteiger partial charge on any atom is -0.494 e. The second kappa shape index (κ2) is 6.87. The Bertz CT molecular complexity index is 443. The molecule has 1 aromatic rings. The van der Waals surface area contributed by atoms with Crippen molar-refractivity contribution in [3.63, 3.8) is 0 Å². The van der Waals surface area contributed by atoms with Crippen LogP contribution in [0.25, 0.3) is 0 Å². The maximum atomic E-state index is 11.1. The summed E-state index contributed by atoms with van der Waals surface area (Å²) in [5.41, 5.74) is 0. The number of hydrogen-bond acceptors (Lipinski definition) is 3. The molecule has 0 heterocycles.